The van der Waals surface area contributed by atoms with E-state index >= 15 is 0 Å². The van der Waals surface area contributed by atoms with Crippen molar-refractivity contribution in [3.63, 3.8) is 0 Å². The van der Waals surface area contributed by atoms with E-state index in [1.54, 1.807) is 18.1 Å². The summed E-state index contributed by atoms with van der Waals surface area (Å²) in [7, 11) is 0. The van der Waals surface area contributed by atoms with E-state index in [-0.39, 0.29) is 0 Å². The predicted octanol–water partition coefficient (Wildman–Crippen LogP) is 3.30. The molecule has 1 aromatic carbocycles. The summed E-state index contributed by atoms with van der Waals surface area (Å²) in [5.74, 6) is 1.42. The molecular weight excluding hydrogens is 282 g/mol. The molecule has 0 atom stereocenters. The molecule has 0 spiro atoms. The van der Waals surface area contributed by atoms with E-state index in [2.05, 4.69) is 17.1 Å². The molecule has 1 aromatic heterocycles. The molecular formula is C16H21N3OS. The molecule has 0 saturated heterocycles. The van der Waals surface area contributed by atoms with Crippen LogP contribution in [0.4, 0.5) is 0 Å². The van der Waals surface area contributed by atoms with E-state index in [0.717, 1.165) is 42.4 Å². The highest BCUT2D eigenvalue weighted by Crippen LogP contribution is 2.35. The molecule has 2 aromatic rings. The van der Waals surface area contributed by atoms with Gasteiger partial charge in [-0.2, -0.15) is 0 Å². The lowest BCUT2D eigenvalue weighted by Gasteiger charge is -2.34. The standard InChI is InChI=1S/C16H21N3OS/c1-13-7-9-16(20,10-8-13)11-21-15-18-17-12-19(15)14-5-3-2-4-6-14/h2-6,12-13,20H,7-11H2,1H3. The first-order valence-corrected chi connectivity index (χ1v) is 8.45. The van der Waals surface area contributed by atoms with Crippen LogP contribution in [0, 0.1) is 5.92 Å². The van der Waals surface area contributed by atoms with E-state index < -0.39 is 5.60 Å². The fourth-order valence-electron chi connectivity index (χ4n) is 2.73. The van der Waals surface area contributed by atoms with Crippen molar-refractivity contribution in [3.8, 4) is 5.69 Å². The summed E-state index contributed by atoms with van der Waals surface area (Å²) in [6, 6.07) is 10.1. The van der Waals surface area contributed by atoms with E-state index in [0.29, 0.717) is 5.75 Å². The predicted molar refractivity (Wildman–Crippen MR) is 84.7 cm³/mol. The lowest BCUT2D eigenvalue weighted by atomic mass is 9.81. The molecule has 1 aliphatic rings. The third-order valence-corrected chi connectivity index (χ3v) is 5.44. The van der Waals surface area contributed by atoms with Gasteiger partial charge < -0.3 is 5.11 Å². The van der Waals surface area contributed by atoms with Gasteiger partial charge in [-0.1, -0.05) is 36.9 Å². The minimum absolute atomic E-state index is 0.551. The lowest BCUT2D eigenvalue weighted by molar-refractivity contribution is 0.0150. The van der Waals surface area contributed by atoms with Gasteiger partial charge in [0.05, 0.1) is 5.60 Å². The maximum absolute atomic E-state index is 10.7. The molecule has 1 saturated carbocycles. The number of thioether (sulfide) groups is 1. The quantitative estimate of drug-likeness (QED) is 0.881. The van der Waals surface area contributed by atoms with Gasteiger partial charge in [-0.05, 0) is 43.7 Å². The van der Waals surface area contributed by atoms with Crippen LogP contribution in [0.15, 0.2) is 41.8 Å². The fourth-order valence-corrected chi connectivity index (χ4v) is 3.81. The summed E-state index contributed by atoms with van der Waals surface area (Å²) >= 11 is 1.59. The Kier molecular flexibility index (Phi) is 4.31. The monoisotopic (exact) mass is 303 g/mol. The van der Waals surface area contributed by atoms with E-state index in [4.69, 9.17) is 0 Å². The Balaban J connectivity index is 1.68. The number of para-hydroxylation sites is 1. The van der Waals surface area contributed by atoms with E-state index in [9.17, 15) is 5.11 Å². The van der Waals surface area contributed by atoms with Crippen molar-refractivity contribution < 1.29 is 5.11 Å². The third kappa shape index (κ3) is 3.47. The number of hydrogen-bond acceptors (Lipinski definition) is 4. The Morgan fingerprint density at radius 1 is 1.29 bits per heavy atom. The summed E-state index contributed by atoms with van der Waals surface area (Å²) in [6.45, 7) is 2.26. The normalized spacial score (nSPS) is 25.9. The number of aromatic nitrogens is 3. The zero-order valence-electron chi connectivity index (χ0n) is 12.3. The number of aliphatic hydroxyl groups is 1. The molecule has 4 nitrogen and oxygen atoms in total. The molecule has 1 heterocycles. The SMILES string of the molecule is CC1CCC(O)(CSc2nncn2-c2ccccc2)CC1. The minimum Gasteiger partial charge on any atom is -0.389 e. The Labute approximate surface area is 129 Å². The van der Waals surface area contributed by atoms with Crippen LogP contribution in [0.25, 0.3) is 5.69 Å². The van der Waals surface area contributed by atoms with Gasteiger partial charge in [0.15, 0.2) is 5.16 Å². The largest absolute Gasteiger partial charge is 0.389 e. The molecule has 3 rings (SSSR count). The molecule has 5 heteroatoms. The average Bonchev–Trinajstić information content (AvgIpc) is 2.98. The number of nitrogens with zero attached hydrogens (tertiary/aromatic N) is 3. The van der Waals surface area contributed by atoms with Crippen molar-refractivity contribution in [3.05, 3.63) is 36.7 Å². The molecule has 0 amide bonds. The maximum atomic E-state index is 10.7. The van der Waals surface area contributed by atoms with Crippen molar-refractivity contribution in [1.82, 2.24) is 14.8 Å². The summed E-state index contributed by atoms with van der Waals surface area (Å²) in [5.41, 5.74) is 0.499. The first kappa shape index (κ1) is 14.6. The highest BCUT2D eigenvalue weighted by molar-refractivity contribution is 7.99. The highest BCUT2D eigenvalue weighted by atomic mass is 32.2. The van der Waals surface area contributed by atoms with Gasteiger partial charge in [-0.15, -0.1) is 10.2 Å². The molecule has 0 radical (unpaired) electrons. The summed E-state index contributed by atoms with van der Waals surface area (Å²) in [5, 5.41) is 19.7. The first-order chi connectivity index (χ1) is 10.2. The van der Waals surface area contributed by atoms with Crippen LogP contribution in [0.2, 0.25) is 0 Å². The van der Waals surface area contributed by atoms with Crippen LogP contribution in [0.1, 0.15) is 32.6 Å². The van der Waals surface area contributed by atoms with Crippen LogP contribution in [-0.2, 0) is 0 Å². The maximum Gasteiger partial charge on any atom is 0.195 e. The molecule has 1 fully saturated rings. The van der Waals surface area contributed by atoms with Crippen molar-refractivity contribution in [2.75, 3.05) is 5.75 Å². The second-order valence-corrected chi connectivity index (χ2v) is 6.96. The zero-order chi connectivity index (χ0) is 14.7. The van der Waals surface area contributed by atoms with Gasteiger partial charge in [-0.3, -0.25) is 4.57 Å². The van der Waals surface area contributed by atoms with Crippen molar-refractivity contribution in [1.29, 1.82) is 0 Å². The van der Waals surface area contributed by atoms with Gasteiger partial charge in [0, 0.05) is 11.4 Å². The second kappa shape index (κ2) is 6.20. The van der Waals surface area contributed by atoms with Crippen LogP contribution >= 0.6 is 11.8 Å². The first-order valence-electron chi connectivity index (χ1n) is 7.47. The smallest absolute Gasteiger partial charge is 0.195 e. The van der Waals surface area contributed by atoms with E-state index in [1.165, 1.54) is 0 Å². The van der Waals surface area contributed by atoms with Gasteiger partial charge >= 0.3 is 0 Å². The topological polar surface area (TPSA) is 50.9 Å². The molecule has 0 unspecified atom stereocenters. The Morgan fingerprint density at radius 2 is 2.00 bits per heavy atom. The molecule has 112 valence electrons. The number of rotatable bonds is 4. The van der Waals surface area contributed by atoms with Crippen molar-refractivity contribution >= 4 is 11.8 Å². The van der Waals surface area contributed by atoms with Crippen molar-refractivity contribution in [2.45, 2.75) is 43.4 Å². The second-order valence-electron chi connectivity index (χ2n) is 6.01. The molecule has 1 aliphatic carbocycles. The Morgan fingerprint density at radius 3 is 2.71 bits per heavy atom. The van der Waals surface area contributed by atoms with Crippen molar-refractivity contribution in [2.24, 2.45) is 5.92 Å². The van der Waals surface area contributed by atoms with Gasteiger partial charge in [0.2, 0.25) is 0 Å². The number of benzene rings is 1. The molecule has 0 bridgehead atoms. The van der Waals surface area contributed by atoms with Crippen LogP contribution < -0.4 is 0 Å². The average molecular weight is 303 g/mol. The van der Waals surface area contributed by atoms with Crippen LogP contribution in [0.5, 0.6) is 0 Å². The Hall–Kier alpha value is -1.33. The molecule has 21 heavy (non-hydrogen) atoms. The van der Waals surface area contributed by atoms with Gasteiger partial charge in [0.1, 0.15) is 6.33 Å². The fraction of sp³-hybridized carbons (Fsp3) is 0.500. The van der Waals surface area contributed by atoms with Gasteiger partial charge in [-0.25, -0.2) is 0 Å². The van der Waals surface area contributed by atoms with Crippen LogP contribution in [0.3, 0.4) is 0 Å². The summed E-state index contributed by atoms with van der Waals surface area (Å²) in [4.78, 5) is 0. The molecule has 0 aliphatic heterocycles. The van der Waals surface area contributed by atoms with E-state index in [1.807, 2.05) is 34.9 Å². The van der Waals surface area contributed by atoms with Gasteiger partial charge in [0.25, 0.3) is 0 Å². The Bertz CT molecular complexity index is 576. The zero-order valence-corrected chi connectivity index (χ0v) is 13.1. The summed E-state index contributed by atoms with van der Waals surface area (Å²) in [6.07, 6.45) is 5.73. The highest BCUT2D eigenvalue weighted by Gasteiger charge is 2.32. The van der Waals surface area contributed by atoms with Crippen LogP contribution in [-0.4, -0.2) is 31.2 Å². The minimum atomic E-state index is -0.551. The third-order valence-electron chi connectivity index (χ3n) is 4.23. The molecule has 1 N–H and O–H groups in total. The lowest BCUT2D eigenvalue weighted by Crippen LogP contribution is -2.36. The number of hydrogen-bond donors (Lipinski definition) is 1. The summed E-state index contributed by atoms with van der Waals surface area (Å²) < 4.78 is 1.97.